The molecule has 0 aromatic carbocycles. The zero-order chi connectivity index (χ0) is 27.3. The molecule has 37 heavy (non-hydrogen) atoms. The van der Waals surface area contributed by atoms with Gasteiger partial charge in [0, 0.05) is 6.54 Å². The molecule has 3 fully saturated rings. The highest BCUT2D eigenvalue weighted by Crippen LogP contribution is 2.46. The first-order chi connectivity index (χ1) is 17.4. The van der Waals surface area contributed by atoms with Crippen LogP contribution in [0, 0.1) is 17.8 Å². The Hall–Kier alpha value is -2.65. The zero-order valence-corrected chi connectivity index (χ0v) is 22.7. The third kappa shape index (κ3) is 7.45. The second-order valence-electron chi connectivity index (χ2n) is 11.9. The second-order valence-corrected chi connectivity index (χ2v) is 11.9. The smallest absolute Gasteiger partial charge is 0.408 e. The zero-order valence-electron chi connectivity index (χ0n) is 22.7. The van der Waals surface area contributed by atoms with Crippen LogP contribution in [0.5, 0.6) is 0 Å². The van der Waals surface area contributed by atoms with Crippen LogP contribution in [0.2, 0.25) is 0 Å². The maximum absolute atomic E-state index is 13.9. The number of nitrogens with zero attached hydrogens (tertiary/aromatic N) is 1. The van der Waals surface area contributed by atoms with E-state index in [0.29, 0.717) is 37.6 Å². The maximum atomic E-state index is 13.9. The average molecular weight is 521 g/mol. The number of carbonyl (C=O) groups excluding carboxylic acids is 5. The molecule has 2 aliphatic carbocycles. The SMILES string of the molecule is CCCC(NC(=O)[C@@H]1CCCN1C(=O)C(NC(=O)OC(C)(C)C)C1CC2CCCCC2C1)C(=O)C(N)=O. The van der Waals surface area contributed by atoms with Crippen LogP contribution >= 0.6 is 0 Å². The van der Waals surface area contributed by atoms with Gasteiger partial charge < -0.3 is 26.0 Å². The van der Waals surface area contributed by atoms with Crippen molar-refractivity contribution in [3.05, 3.63) is 0 Å². The summed E-state index contributed by atoms with van der Waals surface area (Å²) in [5.74, 6) is -1.62. The fourth-order valence-electron chi connectivity index (χ4n) is 6.35. The van der Waals surface area contributed by atoms with Crippen LogP contribution in [0.25, 0.3) is 0 Å². The lowest BCUT2D eigenvalue weighted by atomic mass is 9.82. The summed E-state index contributed by atoms with van der Waals surface area (Å²) in [5.41, 5.74) is 4.46. The number of amides is 4. The minimum absolute atomic E-state index is 0.0262. The van der Waals surface area contributed by atoms with Gasteiger partial charge in [-0.25, -0.2) is 4.79 Å². The number of fused-ring (bicyclic) bond motifs is 1. The number of Topliss-reactive ketones (excluding diaryl/α,β-unsaturated/α-hetero) is 1. The molecular formula is C27H44N4O6. The maximum Gasteiger partial charge on any atom is 0.408 e. The van der Waals surface area contributed by atoms with E-state index in [1.54, 1.807) is 20.8 Å². The van der Waals surface area contributed by atoms with Crippen molar-refractivity contribution in [3.8, 4) is 0 Å². The lowest BCUT2D eigenvalue weighted by Crippen LogP contribution is -2.57. The van der Waals surface area contributed by atoms with Crippen LogP contribution in [-0.2, 0) is 23.9 Å². The molecule has 1 heterocycles. The summed E-state index contributed by atoms with van der Waals surface area (Å²) in [7, 11) is 0. The molecule has 10 heteroatoms. The Morgan fingerprint density at radius 1 is 0.973 bits per heavy atom. The largest absolute Gasteiger partial charge is 0.444 e. The third-order valence-corrected chi connectivity index (χ3v) is 7.98. The molecule has 3 rings (SSSR count). The number of hydrogen-bond acceptors (Lipinski definition) is 6. The van der Waals surface area contributed by atoms with Crippen molar-refractivity contribution < 1.29 is 28.7 Å². The molecule has 0 spiro atoms. The monoisotopic (exact) mass is 520 g/mol. The third-order valence-electron chi connectivity index (χ3n) is 7.98. The van der Waals surface area contributed by atoms with Gasteiger partial charge in [-0.2, -0.15) is 0 Å². The van der Waals surface area contributed by atoms with E-state index in [0.717, 1.165) is 25.7 Å². The minimum atomic E-state index is -1.09. The van der Waals surface area contributed by atoms with Gasteiger partial charge in [-0.3, -0.25) is 19.2 Å². The Morgan fingerprint density at radius 3 is 2.14 bits per heavy atom. The van der Waals surface area contributed by atoms with Gasteiger partial charge >= 0.3 is 6.09 Å². The van der Waals surface area contributed by atoms with Crippen molar-refractivity contribution in [1.29, 1.82) is 0 Å². The van der Waals surface area contributed by atoms with Crippen molar-refractivity contribution in [2.75, 3.05) is 6.54 Å². The predicted molar refractivity (Wildman–Crippen MR) is 137 cm³/mol. The van der Waals surface area contributed by atoms with Crippen LogP contribution in [0.1, 0.15) is 91.9 Å². The summed E-state index contributed by atoms with van der Waals surface area (Å²) in [4.78, 5) is 65.1. The molecule has 4 unspecified atom stereocenters. The number of rotatable bonds is 9. The summed E-state index contributed by atoms with van der Waals surface area (Å²) in [6.45, 7) is 7.54. The van der Waals surface area contributed by atoms with E-state index >= 15 is 0 Å². The van der Waals surface area contributed by atoms with E-state index in [1.165, 1.54) is 17.7 Å². The van der Waals surface area contributed by atoms with E-state index in [9.17, 15) is 24.0 Å². The number of nitrogens with one attached hydrogen (secondary N) is 2. The fourth-order valence-corrected chi connectivity index (χ4v) is 6.35. The number of hydrogen-bond donors (Lipinski definition) is 3. The van der Waals surface area contributed by atoms with Gasteiger partial charge in [-0.1, -0.05) is 39.0 Å². The van der Waals surface area contributed by atoms with Crippen molar-refractivity contribution in [3.63, 3.8) is 0 Å². The molecule has 4 N–H and O–H groups in total. The van der Waals surface area contributed by atoms with Crippen molar-refractivity contribution >= 4 is 29.6 Å². The standard InChI is InChI=1S/C27H44N4O6/c1-5-9-19(22(32)23(28)33)29-24(34)20-12-8-13-31(20)25(35)21(30-26(36)37-27(2,3)4)18-14-16-10-6-7-11-17(16)15-18/h16-21H,5-15H2,1-4H3,(H2,28,33)(H,29,34)(H,30,36)/t16?,17?,18?,19?,20-,21?/m0/s1. The van der Waals surface area contributed by atoms with Gasteiger partial charge in [0.25, 0.3) is 5.91 Å². The second kappa shape index (κ2) is 12.3. The van der Waals surface area contributed by atoms with E-state index < -0.39 is 47.4 Å². The highest BCUT2D eigenvalue weighted by Gasteiger charge is 2.46. The molecule has 3 aliphatic rings. The molecule has 4 amide bonds. The Morgan fingerprint density at radius 2 is 1.59 bits per heavy atom. The number of likely N-dealkylation sites (tertiary alicyclic amines) is 1. The van der Waals surface area contributed by atoms with Crippen molar-refractivity contribution in [1.82, 2.24) is 15.5 Å². The highest BCUT2D eigenvalue weighted by atomic mass is 16.6. The number of ketones is 1. The van der Waals surface area contributed by atoms with Gasteiger partial charge in [0.1, 0.15) is 17.7 Å². The molecular weight excluding hydrogens is 476 g/mol. The molecule has 2 saturated carbocycles. The van der Waals surface area contributed by atoms with E-state index in [2.05, 4.69) is 10.6 Å². The normalized spacial score (nSPS) is 27.1. The number of primary amides is 1. The molecule has 0 aromatic heterocycles. The van der Waals surface area contributed by atoms with E-state index in [1.807, 2.05) is 6.92 Å². The summed E-state index contributed by atoms with van der Waals surface area (Å²) in [6, 6.07) is -2.58. The quantitative estimate of drug-likeness (QED) is 0.398. The topological polar surface area (TPSA) is 148 Å². The fraction of sp³-hybridized carbons (Fsp3) is 0.815. The van der Waals surface area contributed by atoms with Gasteiger partial charge in [0.05, 0.1) is 6.04 Å². The van der Waals surface area contributed by atoms with Crippen LogP contribution in [0.3, 0.4) is 0 Å². The number of ether oxygens (including phenoxy) is 1. The van der Waals surface area contributed by atoms with Gasteiger partial charge in [-0.05, 0) is 70.6 Å². The van der Waals surface area contributed by atoms with E-state index in [-0.39, 0.29) is 18.2 Å². The van der Waals surface area contributed by atoms with Crippen molar-refractivity contribution in [2.45, 2.75) is 116 Å². The number of carbonyl (C=O) groups is 5. The first-order valence-corrected chi connectivity index (χ1v) is 13.8. The van der Waals surface area contributed by atoms with Crippen molar-refractivity contribution in [2.24, 2.45) is 23.5 Å². The summed E-state index contributed by atoms with van der Waals surface area (Å²) >= 11 is 0. The van der Waals surface area contributed by atoms with Crippen LogP contribution in [0.4, 0.5) is 4.79 Å². The van der Waals surface area contributed by atoms with Gasteiger partial charge in [-0.15, -0.1) is 0 Å². The molecule has 0 aromatic rings. The molecule has 208 valence electrons. The predicted octanol–water partition coefficient (Wildman–Crippen LogP) is 2.43. The molecule has 0 radical (unpaired) electrons. The molecule has 5 atom stereocenters. The van der Waals surface area contributed by atoms with Crippen LogP contribution in [-0.4, -0.2) is 64.8 Å². The molecule has 10 nitrogen and oxygen atoms in total. The lowest BCUT2D eigenvalue weighted by molar-refractivity contribution is -0.143. The molecule has 1 saturated heterocycles. The minimum Gasteiger partial charge on any atom is -0.444 e. The summed E-state index contributed by atoms with van der Waals surface area (Å²) in [6.07, 6.45) is 7.71. The number of alkyl carbamates (subject to hydrolysis) is 1. The average Bonchev–Trinajstić information content (AvgIpc) is 3.47. The molecule has 1 aliphatic heterocycles. The Kier molecular flexibility index (Phi) is 9.58. The highest BCUT2D eigenvalue weighted by molar-refractivity contribution is 6.37. The Balaban J connectivity index is 1.77. The Labute approximate surface area is 219 Å². The number of nitrogens with two attached hydrogens (primary N) is 1. The first-order valence-electron chi connectivity index (χ1n) is 13.8. The van der Waals surface area contributed by atoms with Gasteiger partial charge in [0.2, 0.25) is 17.6 Å². The van der Waals surface area contributed by atoms with E-state index in [4.69, 9.17) is 10.5 Å². The Bertz CT molecular complexity index is 871. The van der Waals surface area contributed by atoms with Gasteiger partial charge in [0.15, 0.2) is 0 Å². The summed E-state index contributed by atoms with van der Waals surface area (Å²) in [5, 5.41) is 5.51. The van der Waals surface area contributed by atoms with Crippen LogP contribution < -0.4 is 16.4 Å². The lowest BCUT2D eigenvalue weighted by Gasteiger charge is -2.32. The van der Waals surface area contributed by atoms with Crippen LogP contribution in [0.15, 0.2) is 0 Å². The summed E-state index contributed by atoms with van der Waals surface area (Å²) < 4.78 is 5.48. The first kappa shape index (κ1) is 28.9. The molecule has 0 bridgehead atoms.